The molecule has 1 aliphatic rings. The lowest BCUT2D eigenvalue weighted by Crippen LogP contribution is -2.46. The van der Waals surface area contributed by atoms with E-state index in [9.17, 15) is 18.8 Å². The summed E-state index contributed by atoms with van der Waals surface area (Å²) in [4.78, 5) is 38.1. The van der Waals surface area contributed by atoms with Crippen LogP contribution in [-0.2, 0) is 4.79 Å². The summed E-state index contributed by atoms with van der Waals surface area (Å²) in [6.45, 7) is 1.55. The van der Waals surface area contributed by atoms with Gasteiger partial charge in [-0.1, -0.05) is 0 Å². The first kappa shape index (κ1) is 20.6. The molecule has 1 aromatic heterocycles. The van der Waals surface area contributed by atoms with Gasteiger partial charge in [-0.15, -0.1) is 0 Å². The minimum atomic E-state index is -0.381. The number of piperidine rings is 1. The van der Waals surface area contributed by atoms with Crippen molar-refractivity contribution >= 4 is 17.7 Å². The molecule has 2 N–H and O–H groups in total. The van der Waals surface area contributed by atoms with Crippen LogP contribution in [0.3, 0.4) is 0 Å². The number of likely N-dealkylation sites (tertiary alicyclic amines) is 1. The molecule has 0 unspecified atom stereocenters. The summed E-state index contributed by atoms with van der Waals surface area (Å²) in [7, 11) is 0. The van der Waals surface area contributed by atoms with Gasteiger partial charge in [-0.3, -0.25) is 14.4 Å². The van der Waals surface area contributed by atoms with E-state index in [2.05, 4.69) is 10.6 Å². The van der Waals surface area contributed by atoms with Crippen LogP contribution < -0.4 is 10.6 Å². The molecular weight excluding hydrogens is 377 g/mol. The fraction of sp³-hybridized carbons (Fsp3) is 0.381. The highest BCUT2D eigenvalue weighted by molar-refractivity contribution is 5.94. The summed E-state index contributed by atoms with van der Waals surface area (Å²) in [5, 5.41) is 5.65. The third kappa shape index (κ3) is 5.91. The number of amides is 3. The van der Waals surface area contributed by atoms with Crippen LogP contribution in [-0.4, -0.2) is 48.3 Å². The van der Waals surface area contributed by atoms with E-state index < -0.39 is 0 Å². The number of carbonyl (C=O) groups is 3. The second-order valence-electron chi connectivity index (χ2n) is 6.97. The molecule has 1 aromatic carbocycles. The Bertz CT molecular complexity index is 828. The number of halogens is 1. The normalized spacial score (nSPS) is 14.4. The molecule has 0 aliphatic carbocycles. The van der Waals surface area contributed by atoms with Crippen molar-refractivity contribution in [2.75, 3.05) is 19.6 Å². The van der Waals surface area contributed by atoms with Gasteiger partial charge in [-0.2, -0.15) is 0 Å². The van der Waals surface area contributed by atoms with Gasteiger partial charge < -0.3 is 20.0 Å². The van der Waals surface area contributed by atoms with Gasteiger partial charge in [0.15, 0.2) is 5.76 Å². The third-order valence-corrected chi connectivity index (χ3v) is 4.89. The molecule has 1 aliphatic heterocycles. The Balaban J connectivity index is 1.33. The predicted molar refractivity (Wildman–Crippen MR) is 104 cm³/mol. The van der Waals surface area contributed by atoms with Gasteiger partial charge in [-0.25, -0.2) is 4.39 Å². The van der Waals surface area contributed by atoms with Gasteiger partial charge in [0.25, 0.3) is 11.8 Å². The first-order valence-corrected chi connectivity index (χ1v) is 9.69. The molecule has 0 bridgehead atoms. The lowest BCUT2D eigenvalue weighted by molar-refractivity contribution is -0.132. The largest absolute Gasteiger partial charge is 0.459 e. The Hall–Kier alpha value is -3.16. The summed E-state index contributed by atoms with van der Waals surface area (Å²) in [6, 6.07) is 8.63. The standard InChI is InChI=1S/C21H24FN3O4/c22-16-7-5-15(6-8-16)20(27)24-17-9-12-25(13-10-17)19(26)4-1-11-23-21(28)18-3-2-14-29-18/h2-3,5-8,14,17H,1,4,9-13H2,(H,23,28)(H,24,27). The number of hydrogen-bond donors (Lipinski definition) is 2. The minimum absolute atomic E-state index is 0.0100. The number of rotatable bonds is 7. The zero-order chi connectivity index (χ0) is 20.6. The molecule has 1 fully saturated rings. The van der Waals surface area contributed by atoms with Gasteiger partial charge in [0, 0.05) is 37.7 Å². The van der Waals surface area contributed by atoms with Crippen LogP contribution in [0.15, 0.2) is 47.1 Å². The molecule has 0 radical (unpaired) electrons. The second-order valence-corrected chi connectivity index (χ2v) is 6.97. The summed E-state index contributed by atoms with van der Waals surface area (Å²) in [6.07, 6.45) is 3.68. The highest BCUT2D eigenvalue weighted by Gasteiger charge is 2.24. The van der Waals surface area contributed by atoms with E-state index in [4.69, 9.17) is 4.42 Å². The van der Waals surface area contributed by atoms with Crippen LogP contribution >= 0.6 is 0 Å². The zero-order valence-corrected chi connectivity index (χ0v) is 16.0. The van der Waals surface area contributed by atoms with Crippen molar-refractivity contribution in [3.05, 3.63) is 59.8 Å². The highest BCUT2D eigenvalue weighted by atomic mass is 19.1. The maximum atomic E-state index is 12.9. The Labute approximate surface area is 168 Å². The van der Waals surface area contributed by atoms with Crippen LogP contribution in [0.25, 0.3) is 0 Å². The second kappa shape index (κ2) is 9.86. The number of nitrogens with one attached hydrogen (secondary N) is 2. The smallest absolute Gasteiger partial charge is 0.286 e. The van der Waals surface area contributed by atoms with E-state index in [1.807, 2.05) is 0 Å². The molecule has 2 aromatic rings. The Kier molecular flexibility index (Phi) is 6.99. The summed E-state index contributed by atoms with van der Waals surface area (Å²) >= 11 is 0. The van der Waals surface area contributed by atoms with Crippen LogP contribution in [0.1, 0.15) is 46.6 Å². The topological polar surface area (TPSA) is 91.7 Å². The van der Waals surface area contributed by atoms with Crippen LogP contribution in [0.4, 0.5) is 4.39 Å². The van der Waals surface area contributed by atoms with Crippen molar-refractivity contribution in [3.63, 3.8) is 0 Å². The average molecular weight is 401 g/mol. The fourth-order valence-corrected chi connectivity index (χ4v) is 3.24. The Morgan fingerprint density at radius 3 is 2.45 bits per heavy atom. The number of nitrogens with zero attached hydrogens (tertiary/aromatic N) is 1. The fourth-order valence-electron chi connectivity index (χ4n) is 3.24. The van der Waals surface area contributed by atoms with Gasteiger partial charge >= 0.3 is 0 Å². The molecule has 1 saturated heterocycles. The summed E-state index contributed by atoms with van der Waals surface area (Å²) in [5.74, 6) is -0.613. The molecule has 2 heterocycles. The lowest BCUT2D eigenvalue weighted by atomic mass is 10.0. The maximum absolute atomic E-state index is 12.9. The zero-order valence-electron chi connectivity index (χ0n) is 16.0. The van der Waals surface area contributed by atoms with Crippen LogP contribution in [0.2, 0.25) is 0 Å². The summed E-state index contributed by atoms with van der Waals surface area (Å²) < 4.78 is 18.0. The van der Waals surface area contributed by atoms with Crippen LogP contribution in [0.5, 0.6) is 0 Å². The van der Waals surface area contributed by atoms with Gasteiger partial charge in [0.05, 0.1) is 6.26 Å². The lowest BCUT2D eigenvalue weighted by Gasteiger charge is -2.32. The molecule has 0 saturated carbocycles. The van der Waals surface area contributed by atoms with Crippen LogP contribution in [0, 0.1) is 5.82 Å². The van der Waals surface area contributed by atoms with Crippen molar-refractivity contribution in [1.29, 1.82) is 0 Å². The quantitative estimate of drug-likeness (QED) is 0.697. The molecule has 29 heavy (non-hydrogen) atoms. The SMILES string of the molecule is O=C(NC1CCN(C(=O)CCCNC(=O)c2ccco2)CC1)c1ccc(F)cc1. The summed E-state index contributed by atoms with van der Waals surface area (Å²) in [5.41, 5.74) is 0.418. The first-order chi connectivity index (χ1) is 14.0. The average Bonchev–Trinajstić information content (AvgIpc) is 3.27. The highest BCUT2D eigenvalue weighted by Crippen LogP contribution is 2.13. The van der Waals surface area contributed by atoms with E-state index in [1.54, 1.807) is 17.0 Å². The number of carbonyl (C=O) groups excluding carboxylic acids is 3. The third-order valence-electron chi connectivity index (χ3n) is 4.89. The minimum Gasteiger partial charge on any atom is -0.459 e. The monoisotopic (exact) mass is 401 g/mol. The molecule has 7 nitrogen and oxygen atoms in total. The van der Waals surface area contributed by atoms with E-state index in [0.717, 1.165) is 0 Å². The predicted octanol–water partition coefficient (Wildman–Crippen LogP) is 2.35. The van der Waals surface area contributed by atoms with E-state index in [0.29, 0.717) is 50.9 Å². The van der Waals surface area contributed by atoms with Crippen molar-refractivity contribution in [2.45, 2.75) is 31.7 Å². The van der Waals surface area contributed by atoms with Crippen molar-refractivity contribution in [2.24, 2.45) is 0 Å². The molecule has 3 amide bonds. The van der Waals surface area contributed by atoms with Crippen molar-refractivity contribution < 1.29 is 23.2 Å². The van der Waals surface area contributed by atoms with Gasteiger partial charge in [0.2, 0.25) is 5.91 Å². The molecule has 154 valence electrons. The van der Waals surface area contributed by atoms with E-state index in [1.165, 1.54) is 30.5 Å². The first-order valence-electron chi connectivity index (χ1n) is 9.69. The Morgan fingerprint density at radius 1 is 1.07 bits per heavy atom. The van der Waals surface area contributed by atoms with Crippen molar-refractivity contribution in [1.82, 2.24) is 15.5 Å². The number of furan rings is 1. The van der Waals surface area contributed by atoms with E-state index in [-0.39, 0.29) is 35.3 Å². The van der Waals surface area contributed by atoms with Crippen molar-refractivity contribution in [3.8, 4) is 0 Å². The van der Waals surface area contributed by atoms with Gasteiger partial charge in [-0.05, 0) is 55.7 Å². The molecule has 8 heteroatoms. The van der Waals surface area contributed by atoms with E-state index >= 15 is 0 Å². The Morgan fingerprint density at radius 2 is 1.79 bits per heavy atom. The molecular formula is C21H24FN3O4. The number of benzene rings is 1. The molecule has 0 spiro atoms. The number of hydrogen-bond acceptors (Lipinski definition) is 4. The molecule has 3 rings (SSSR count). The maximum Gasteiger partial charge on any atom is 0.286 e. The van der Waals surface area contributed by atoms with Gasteiger partial charge in [0.1, 0.15) is 5.82 Å². The molecule has 0 atom stereocenters.